The summed E-state index contributed by atoms with van der Waals surface area (Å²) in [5.74, 6) is 1.28. The zero-order valence-electron chi connectivity index (χ0n) is 14.5. The maximum atomic E-state index is 4.50. The van der Waals surface area contributed by atoms with Crippen LogP contribution in [0.15, 0.2) is 36.0 Å². The van der Waals surface area contributed by atoms with E-state index in [1.54, 1.807) is 11.8 Å². The van der Waals surface area contributed by atoms with E-state index in [9.17, 15) is 0 Å². The third-order valence-corrected chi connectivity index (χ3v) is 4.32. The molecule has 2 N–H and O–H groups in total. The van der Waals surface area contributed by atoms with Crippen molar-refractivity contribution in [2.45, 2.75) is 46.0 Å². The Balaban J connectivity index is 1.58. The van der Waals surface area contributed by atoms with Crippen LogP contribution in [0.1, 0.15) is 43.2 Å². The van der Waals surface area contributed by atoms with Crippen molar-refractivity contribution in [3.8, 4) is 0 Å². The van der Waals surface area contributed by atoms with Crippen molar-refractivity contribution in [2.75, 3.05) is 17.2 Å². The minimum atomic E-state index is 0.571. The van der Waals surface area contributed by atoms with Crippen molar-refractivity contribution in [1.82, 2.24) is 15.2 Å². The van der Waals surface area contributed by atoms with Gasteiger partial charge in [0.15, 0.2) is 5.82 Å². The van der Waals surface area contributed by atoms with E-state index in [2.05, 4.69) is 63.9 Å². The molecule has 0 fully saturated rings. The number of nitrogens with zero attached hydrogens (tertiary/aromatic N) is 3. The molecule has 0 radical (unpaired) electrons. The predicted molar refractivity (Wildman–Crippen MR) is 98.7 cm³/mol. The molecule has 1 aromatic heterocycles. The van der Waals surface area contributed by atoms with Gasteiger partial charge in [0.25, 0.3) is 0 Å². The van der Waals surface area contributed by atoms with Gasteiger partial charge in [-0.05, 0) is 57.6 Å². The Morgan fingerprint density at radius 1 is 1.17 bits per heavy atom. The monoisotopic (exact) mass is 323 g/mol. The summed E-state index contributed by atoms with van der Waals surface area (Å²) in [5.41, 5.74) is 5.02. The molecule has 1 aromatic carbocycles. The lowest BCUT2D eigenvalue weighted by Crippen LogP contribution is -2.09. The van der Waals surface area contributed by atoms with Crippen LogP contribution in [0.2, 0.25) is 0 Å². The van der Waals surface area contributed by atoms with Crippen molar-refractivity contribution in [2.24, 2.45) is 0 Å². The van der Waals surface area contributed by atoms with E-state index >= 15 is 0 Å². The second kappa shape index (κ2) is 7.90. The Hall–Kier alpha value is -2.43. The van der Waals surface area contributed by atoms with Crippen molar-refractivity contribution in [3.05, 3.63) is 47.2 Å². The number of aromatic nitrogens is 3. The number of aryl methyl sites for hydroxylation is 2. The van der Waals surface area contributed by atoms with Crippen molar-refractivity contribution >= 4 is 17.5 Å². The maximum Gasteiger partial charge on any atom is 0.244 e. The summed E-state index contributed by atoms with van der Waals surface area (Å²) in [6.45, 7) is 5.02. The molecule has 0 unspecified atom stereocenters. The highest BCUT2D eigenvalue weighted by atomic mass is 15.3. The molecule has 0 amide bonds. The van der Waals surface area contributed by atoms with Crippen LogP contribution in [0.25, 0.3) is 0 Å². The molecule has 0 saturated heterocycles. The maximum absolute atomic E-state index is 4.50. The SMILES string of the molecule is Cc1ccc(Nc2cnnc(NCCC3=CCCCC3)n2)c(C)c1. The zero-order valence-corrected chi connectivity index (χ0v) is 14.5. The van der Waals surface area contributed by atoms with Gasteiger partial charge in [-0.2, -0.15) is 10.1 Å². The van der Waals surface area contributed by atoms with Gasteiger partial charge in [-0.1, -0.05) is 29.3 Å². The first kappa shape index (κ1) is 16.4. The van der Waals surface area contributed by atoms with Gasteiger partial charge in [-0.15, -0.1) is 5.10 Å². The average Bonchev–Trinajstić information content (AvgIpc) is 2.59. The van der Waals surface area contributed by atoms with Crippen molar-refractivity contribution in [1.29, 1.82) is 0 Å². The molecule has 1 aliphatic carbocycles. The highest BCUT2D eigenvalue weighted by molar-refractivity contribution is 5.60. The number of allylic oxidation sites excluding steroid dienone is 1. The van der Waals surface area contributed by atoms with Crippen molar-refractivity contribution in [3.63, 3.8) is 0 Å². The second-order valence-corrected chi connectivity index (χ2v) is 6.39. The lowest BCUT2D eigenvalue weighted by atomic mass is 9.97. The fourth-order valence-corrected chi connectivity index (χ4v) is 3.00. The smallest absolute Gasteiger partial charge is 0.244 e. The largest absolute Gasteiger partial charge is 0.353 e. The second-order valence-electron chi connectivity index (χ2n) is 6.39. The van der Waals surface area contributed by atoms with Crippen LogP contribution in [-0.4, -0.2) is 21.7 Å². The minimum absolute atomic E-state index is 0.571. The van der Waals surface area contributed by atoms with Gasteiger partial charge in [0.05, 0.1) is 6.20 Å². The van der Waals surface area contributed by atoms with Crippen LogP contribution in [0, 0.1) is 13.8 Å². The molecule has 0 atom stereocenters. The van der Waals surface area contributed by atoms with Crippen LogP contribution in [-0.2, 0) is 0 Å². The van der Waals surface area contributed by atoms with E-state index in [1.807, 2.05) is 0 Å². The van der Waals surface area contributed by atoms with Crippen LogP contribution in [0.5, 0.6) is 0 Å². The van der Waals surface area contributed by atoms with Crippen LogP contribution in [0.4, 0.5) is 17.5 Å². The molecule has 0 aliphatic heterocycles. The molecule has 3 rings (SSSR count). The first-order valence-electron chi connectivity index (χ1n) is 8.66. The quantitative estimate of drug-likeness (QED) is 0.764. The molecule has 0 spiro atoms. The fraction of sp³-hybridized carbons (Fsp3) is 0.421. The summed E-state index contributed by atoms with van der Waals surface area (Å²) >= 11 is 0. The lowest BCUT2D eigenvalue weighted by molar-refractivity contribution is 0.679. The molecular formula is C19H25N5. The first-order chi connectivity index (χ1) is 11.7. The minimum Gasteiger partial charge on any atom is -0.353 e. The van der Waals surface area contributed by atoms with E-state index in [0.29, 0.717) is 11.8 Å². The Bertz CT molecular complexity index is 723. The molecule has 1 heterocycles. The summed E-state index contributed by atoms with van der Waals surface area (Å²) < 4.78 is 0. The summed E-state index contributed by atoms with van der Waals surface area (Å²) in [6, 6.07) is 6.30. The molecule has 2 aromatic rings. The molecule has 0 saturated carbocycles. The molecule has 5 nitrogen and oxygen atoms in total. The molecule has 0 bridgehead atoms. The number of anilines is 3. The van der Waals surface area contributed by atoms with Gasteiger partial charge >= 0.3 is 0 Å². The van der Waals surface area contributed by atoms with Gasteiger partial charge in [0, 0.05) is 12.2 Å². The Kier molecular flexibility index (Phi) is 5.41. The van der Waals surface area contributed by atoms with Crippen LogP contribution < -0.4 is 10.6 Å². The standard InChI is InChI=1S/C19H25N5/c1-14-8-9-17(15(2)12-14)22-18-13-21-24-19(23-18)20-11-10-16-6-4-3-5-7-16/h6,8-9,12-13H,3-5,7,10-11H2,1-2H3,(H2,20,22,23,24). The van der Waals surface area contributed by atoms with Gasteiger partial charge in [0.2, 0.25) is 5.95 Å². The van der Waals surface area contributed by atoms with Gasteiger partial charge in [-0.25, -0.2) is 0 Å². The van der Waals surface area contributed by atoms with E-state index in [0.717, 1.165) is 18.7 Å². The third kappa shape index (κ3) is 4.54. The Labute approximate surface area is 143 Å². The lowest BCUT2D eigenvalue weighted by Gasteiger charge is -2.13. The average molecular weight is 323 g/mol. The summed E-state index contributed by atoms with van der Waals surface area (Å²) in [7, 11) is 0. The van der Waals surface area contributed by atoms with Crippen molar-refractivity contribution < 1.29 is 0 Å². The molecule has 126 valence electrons. The van der Waals surface area contributed by atoms with Gasteiger partial charge in [-0.3, -0.25) is 0 Å². The number of hydrogen-bond acceptors (Lipinski definition) is 5. The van der Waals surface area contributed by atoms with E-state index in [4.69, 9.17) is 0 Å². The highest BCUT2D eigenvalue weighted by Crippen LogP contribution is 2.21. The third-order valence-electron chi connectivity index (χ3n) is 4.32. The number of rotatable bonds is 6. The molecule has 1 aliphatic rings. The summed E-state index contributed by atoms with van der Waals surface area (Å²) in [4.78, 5) is 4.50. The van der Waals surface area contributed by atoms with E-state index in [1.165, 1.54) is 36.8 Å². The Morgan fingerprint density at radius 3 is 2.88 bits per heavy atom. The molecular weight excluding hydrogens is 298 g/mol. The van der Waals surface area contributed by atoms with E-state index in [-0.39, 0.29) is 0 Å². The molecule has 5 heteroatoms. The summed E-state index contributed by atoms with van der Waals surface area (Å²) in [5, 5.41) is 14.7. The number of nitrogens with one attached hydrogen (secondary N) is 2. The topological polar surface area (TPSA) is 62.7 Å². The highest BCUT2D eigenvalue weighted by Gasteiger charge is 2.05. The van der Waals surface area contributed by atoms with E-state index < -0.39 is 0 Å². The van der Waals surface area contributed by atoms with Gasteiger partial charge < -0.3 is 10.6 Å². The zero-order chi connectivity index (χ0) is 16.8. The first-order valence-corrected chi connectivity index (χ1v) is 8.66. The van der Waals surface area contributed by atoms with Gasteiger partial charge in [0.1, 0.15) is 0 Å². The Morgan fingerprint density at radius 2 is 2.08 bits per heavy atom. The normalized spacial score (nSPS) is 14.2. The number of hydrogen-bond donors (Lipinski definition) is 2. The number of benzene rings is 1. The predicted octanol–water partition coefficient (Wildman–Crippen LogP) is 4.53. The fourth-order valence-electron chi connectivity index (χ4n) is 3.00. The molecule has 24 heavy (non-hydrogen) atoms. The summed E-state index contributed by atoms with van der Waals surface area (Å²) in [6.07, 6.45) is 10.2. The van der Waals surface area contributed by atoms with Crippen LogP contribution >= 0.6 is 0 Å². The van der Waals surface area contributed by atoms with Crippen LogP contribution in [0.3, 0.4) is 0 Å².